The lowest BCUT2D eigenvalue weighted by atomic mass is 10.1. The predicted molar refractivity (Wildman–Crippen MR) is 82.4 cm³/mol. The first-order valence-corrected chi connectivity index (χ1v) is 7.77. The molecule has 2 N–H and O–H groups in total. The van der Waals surface area contributed by atoms with Crippen molar-refractivity contribution in [3.05, 3.63) is 17.0 Å². The van der Waals surface area contributed by atoms with Crippen LogP contribution in [-0.4, -0.2) is 59.6 Å². The van der Waals surface area contributed by atoms with Crippen LogP contribution >= 0.6 is 0 Å². The van der Waals surface area contributed by atoms with Gasteiger partial charge in [-0.3, -0.25) is 14.4 Å². The fraction of sp³-hybridized carbons (Fsp3) is 0.733. The van der Waals surface area contributed by atoms with Crippen LogP contribution < -0.4 is 5.73 Å². The van der Waals surface area contributed by atoms with Gasteiger partial charge in [0.15, 0.2) is 0 Å². The van der Waals surface area contributed by atoms with E-state index in [0.717, 1.165) is 31.0 Å². The zero-order chi connectivity index (χ0) is 16.1. The predicted octanol–water partition coefficient (Wildman–Crippen LogP) is 0.223. The molecule has 0 radical (unpaired) electrons. The third-order valence-corrected chi connectivity index (χ3v) is 3.98. The Labute approximate surface area is 131 Å². The minimum absolute atomic E-state index is 0.101. The minimum Gasteiger partial charge on any atom is -0.465 e. The molecule has 7 nitrogen and oxygen atoms in total. The summed E-state index contributed by atoms with van der Waals surface area (Å²) in [7, 11) is 0. The fourth-order valence-electron chi connectivity index (χ4n) is 2.74. The number of hydrogen-bond donors (Lipinski definition) is 1. The maximum absolute atomic E-state index is 11.6. The third kappa shape index (κ3) is 4.06. The van der Waals surface area contributed by atoms with Crippen LogP contribution in [0.3, 0.4) is 0 Å². The molecule has 1 aromatic rings. The molecule has 0 spiro atoms. The van der Waals surface area contributed by atoms with Gasteiger partial charge in [0.25, 0.3) is 0 Å². The van der Waals surface area contributed by atoms with E-state index in [1.54, 1.807) is 11.6 Å². The van der Waals surface area contributed by atoms with Gasteiger partial charge in [0, 0.05) is 37.4 Å². The molecule has 7 heteroatoms. The van der Waals surface area contributed by atoms with Crippen molar-refractivity contribution in [2.24, 2.45) is 5.73 Å². The first-order valence-electron chi connectivity index (χ1n) is 7.77. The van der Waals surface area contributed by atoms with Crippen molar-refractivity contribution in [2.45, 2.75) is 40.0 Å². The maximum atomic E-state index is 11.6. The van der Waals surface area contributed by atoms with Gasteiger partial charge in [-0.1, -0.05) is 0 Å². The van der Waals surface area contributed by atoms with Crippen molar-refractivity contribution in [1.29, 1.82) is 0 Å². The zero-order valence-electron chi connectivity index (χ0n) is 13.7. The van der Waals surface area contributed by atoms with E-state index in [2.05, 4.69) is 10.00 Å². The lowest BCUT2D eigenvalue weighted by Gasteiger charge is -2.32. The number of aromatic nitrogens is 2. The van der Waals surface area contributed by atoms with Crippen molar-refractivity contribution in [1.82, 2.24) is 14.7 Å². The summed E-state index contributed by atoms with van der Waals surface area (Å²) < 4.78 is 12.3. The summed E-state index contributed by atoms with van der Waals surface area (Å²) in [6, 6.07) is 0. The highest BCUT2D eigenvalue weighted by Gasteiger charge is 2.22. The van der Waals surface area contributed by atoms with Gasteiger partial charge in [-0.2, -0.15) is 5.10 Å². The molecule has 22 heavy (non-hydrogen) atoms. The SMILES string of the molecule is CCOC(=O)Cn1nc(C)c(CN2CCOC(CN)C2)c1C. The van der Waals surface area contributed by atoms with E-state index in [0.29, 0.717) is 19.8 Å². The summed E-state index contributed by atoms with van der Waals surface area (Å²) >= 11 is 0. The first kappa shape index (κ1) is 16.9. The molecule has 0 bridgehead atoms. The van der Waals surface area contributed by atoms with Gasteiger partial charge in [-0.05, 0) is 20.8 Å². The van der Waals surface area contributed by atoms with Crippen LogP contribution in [0, 0.1) is 13.8 Å². The van der Waals surface area contributed by atoms with Crippen LogP contribution in [0.2, 0.25) is 0 Å². The monoisotopic (exact) mass is 310 g/mol. The van der Waals surface area contributed by atoms with Crippen molar-refractivity contribution < 1.29 is 14.3 Å². The summed E-state index contributed by atoms with van der Waals surface area (Å²) in [5.41, 5.74) is 8.83. The summed E-state index contributed by atoms with van der Waals surface area (Å²) in [5.74, 6) is -0.255. The highest BCUT2D eigenvalue weighted by atomic mass is 16.5. The lowest BCUT2D eigenvalue weighted by Crippen LogP contribution is -2.45. The second kappa shape index (κ2) is 7.71. The minimum atomic E-state index is -0.255. The molecule has 1 fully saturated rings. The molecule has 1 unspecified atom stereocenters. The van der Waals surface area contributed by atoms with E-state index in [4.69, 9.17) is 15.2 Å². The van der Waals surface area contributed by atoms with Gasteiger partial charge >= 0.3 is 5.97 Å². The Kier molecular flexibility index (Phi) is 5.93. The number of ether oxygens (including phenoxy) is 2. The molecule has 0 aromatic carbocycles. The molecule has 1 aliphatic heterocycles. The third-order valence-electron chi connectivity index (χ3n) is 3.98. The second-order valence-electron chi connectivity index (χ2n) is 5.58. The molecule has 0 amide bonds. The van der Waals surface area contributed by atoms with Crippen molar-refractivity contribution in [2.75, 3.05) is 32.8 Å². The summed E-state index contributed by atoms with van der Waals surface area (Å²) in [6.07, 6.45) is 0.101. The molecule has 1 saturated heterocycles. The molecule has 1 aliphatic rings. The van der Waals surface area contributed by atoms with Crippen LogP contribution in [0.1, 0.15) is 23.9 Å². The van der Waals surface area contributed by atoms with E-state index >= 15 is 0 Å². The topological polar surface area (TPSA) is 82.6 Å². The molecule has 2 rings (SSSR count). The Hall–Kier alpha value is -1.44. The standard InChI is InChI=1S/C15H26N4O3/c1-4-21-15(20)10-19-12(3)14(11(2)17-19)9-18-5-6-22-13(7-16)8-18/h13H,4-10,16H2,1-3H3. The van der Waals surface area contributed by atoms with Crippen LogP contribution in [0.4, 0.5) is 0 Å². The lowest BCUT2D eigenvalue weighted by molar-refractivity contribution is -0.144. The number of carbonyl (C=O) groups excluding carboxylic acids is 1. The number of rotatable bonds is 6. The first-order chi connectivity index (χ1) is 10.5. The highest BCUT2D eigenvalue weighted by molar-refractivity contribution is 5.69. The quantitative estimate of drug-likeness (QED) is 0.757. The average molecular weight is 310 g/mol. The fourth-order valence-corrected chi connectivity index (χ4v) is 2.74. The van der Waals surface area contributed by atoms with Crippen LogP contribution in [-0.2, 0) is 27.4 Å². The Morgan fingerprint density at radius 1 is 1.50 bits per heavy atom. The number of esters is 1. The zero-order valence-corrected chi connectivity index (χ0v) is 13.7. The molecule has 0 saturated carbocycles. The molecule has 124 valence electrons. The maximum Gasteiger partial charge on any atom is 0.327 e. The normalized spacial score (nSPS) is 19.4. The van der Waals surface area contributed by atoms with Crippen LogP contribution in [0.15, 0.2) is 0 Å². The molecule has 1 atom stereocenters. The molecule has 1 aromatic heterocycles. The van der Waals surface area contributed by atoms with E-state index in [1.807, 2.05) is 13.8 Å². The van der Waals surface area contributed by atoms with Gasteiger partial charge in [-0.25, -0.2) is 0 Å². The smallest absolute Gasteiger partial charge is 0.327 e. The Bertz CT molecular complexity index is 515. The van der Waals surface area contributed by atoms with Gasteiger partial charge in [0.2, 0.25) is 0 Å². The Morgan fingerprint density at radius 2 is 2.27 bits per heavy atom. The van der Waals surface area contributed by atoms with Crippen molar-refractivity contribution in [3.63, 3.8) is 0 Å². The largest absolute Gasteiger partial charge is 0.465 e. The summed E-state index contributed by atoms with van der Waals surface area (Å²) in [6.45, 7) is 10.1. The van der Waals surface area contributed by atoms with Crippen LogP contribution in [0.5, 0.6) is 0 Å². The van der Waals surface area contributed by atoms with E-state index in [-0.39, 0.29) is 18.6 Å². The average Bonchev–Trinajstić information content (AvgIpc) is 2.75. The number of morpholine rings is 1. The van der Waals surface area contributed by atoms with Crippen molar-refractivity contribution >= 4 is 5.97 Å². The highest BCUT2D eigenvalue weighted by Crippen LogP contribution is 2.17. The second-order valence-corrected chi connectivity index (χ2v) is 5.58. The number of aryl methyl sites for hydroxylation is 1. The van der Waals surface area contributed by atoms with E-state index in [9.17, 15) is 4.79 Å². The van der Waals surface area contributed by atoms with Crippen molar-refractivity contribution in [3.8, 4) is 0 Å². The van der Waals surface area contributed by atoms with Gasteiger partial charge in [0.05, 0.1) is 25.0 Å². The van der Waals surface area contributed by atoms with Gasteiger partial charge in [0.1, 0.15) is 6.54 Å². The number of hydrogen-bond acceptors (Lipinski definition) is 6. The Balaban J connectivity index is 2.05. The number of carbonyl (C=O) groups is 1. The van der Waals surface area contributed by atoms with E-state index < -0.39 is 0 Å². The van der Waals surface area contributed by atoms with E-state index in [1.165, 1.54) is 5.56 Å². The summed E-state index contributed by atoms with van der Waals surface area (Å²) in [5, 5.41) is 4.47. The number of nitrogens with zero attached hydrogens (tertiary/aromatic N) is 3. The summed E-state index contributed by atoms with van der Waals surface area (Å²) in [4.78, 5) is 14.0. The molecular formula is C15H26N4O3. The van der Waals surface area contributed by atoms with Gasteiger partial charge < -0.3 is 15.2 Å². The Morgan fingerprint density at radius 3 is 2.95 bits per heavy atom. The molecular weight excluding hydrogens is 284 g/mol. The molecule has 0 aliphatic carbocycles. The van der Waals surface area contributed by atoms with Gasteiger partial charge in [-0.15, -0.1) is 0 Å². The molecule has 2 heterocycles. The van der Waals surface area contributed by atoms with Crippen LogP contribution in [0.25, 0.3) is 0 Å². The number of nitrogens with two attached hydrogens (primary N) is 1.